The van der Waals surface area contributed by atoms with Crippen LogP contribution in [0.25, 0.3) is 0 Å². The lowest BCUT2D eigenvalue weighted by atomic mass is 10.3. The predicted molar refractivity (Wildman–Crippen MR) is 89.9 cm³/mol. The van der Waals surface area contributed by atoms with Crippen molar-refractivity contribution in [2.24, 2.45) is 0 Å². The fourth-order valence-electron chi connectivity index (χ4n) is 3.09. The number of hydrogen-bond donors (Lipinski definition) is 0. The molecular formula is C16H24BrNSi. The van der Waals surface area contributed by atoms with Gasteiger partial charge in [-0.05, 0) is 38.6 Å². The van der Waals surface area contributed by atoms with Crippen LogP contribution in [0.15, 0.2) is 22.9 Å². The Morgan fingerprint density at radius 1 is 1.00 bits per heavy atom. The largest absolute Gasteiger partial charge is 0.262 e. The van der Waals surface area contributed by atoms with Gasteiger partial charge in [0.1, 0.15) is 8.07 Å². The highest BCUT2D eigenvalue weighted by Gasteiger charge is 2.41. The first-order chi connectivity index (χ1) is 8.80. The molecule has 0 N–H and O–H groups in total. The molecule has 0 aliphatic carbocycles. The Morgan fingerprint density at radius 2 is 1.53 bits per heavy atom. The summed E-state index contributed by atoms with van der Waals surface area (Å²) >= 11 is 3.45. The Morgan fingerprint density at radius 3 is 1.95 bits per heavy atom. The zero-order chi connectivity index (χ0) is 14.6. The summed E-state index contributed by atoms with van der Waals surface area (Å²) in [5.41, 5.74) is 6.71. The van der Waals surface area contributed by atoms with Gasteiger partial charge in [0.25, 0.3) is 0 Å². The minimum atomic E-state index is -1.63. The first kappa shape index (κ1) is 16.5. The van der Waals surface area contributed by atoms with Crippen molar-refractivity contribution in [3.8, 4) is 11.5 Å². The molecule has 19 heavy (non-hydrogen) atoms. The number of halogens is 1. The maximum atomic E-state index is 4.19. The Balaban J connectivity index is 3.23. The van der Waals surface area contributed by atoms with E-state index in [1.54, 1.807) is 6.20 Å². The van der Waals surface area contributed by atoms with Crippen molar-refractivity contribution in [2.75, 3.05) is 0 Å². The van der Waals surface area contributed by atoms with E-state index in [1.807, 2.05) is 12.3 Å². The van der Waals surface area contributed by atoms with Crippen molar-refractivity contribution in [1.82, 2.24) is 4.98 Å². The van der Waals surface area contributed by atoms with E-state index in [2.05, 4.69) is 73.9 Å². The van der Waals surface area contributed by atoms with Crippen molar-refractivity contribution < 1.29 is 0 Å². The van der Waals surface area contributed by atoms with Gasteiger partial charge in [0.2, 0.25) is 0 Å². The van der Waals surface area contributed by atoms with Gasteiger partial charge in [0, 0.05) is 22.4 Å². The topological polar surface area (TPSA) is 12.9 Å². The summed E-state index contributed by atoms with van der Waals surface area (Å²) in [6, 6.07) is 2.04. The summed E-state index contributed by atoms with van der Waals surface area (Å²) in [6.45, 7) is 14.0. The van der Waals surface area contributed by atoms with Crippen LogP contribution >= 0.6 is 15.9 Å². The SMILES string of the molecule is CC(C)[Si](C#Cc1cncc(Br)c1)(C(C)C)C(C)C. The average molecular weight is 338 g/mol. The Labute approximate surface area is 127 Å². The third-order valence-corrected chi connectivity index (χ3v) is 10.7. The standard InChI is InChI=1S/C16H24BrNSi/c1-12(2)19(13(3)4,14(5)6)8-7-15-9-16(17)11-18-10-15/h9-14H,1-6H3. The zero-order valence-electron chi connectivity index (χ0n) is 12.8. The summed E-state index contributed by atoms with van der Waals surface area (Å²) in [5.74, 6) is 3.39. The number of aromatic nitrogens is 1. The minimum absolute atomic E-state index is 0.667. The molecule has 0 unspecified atom stereocenters. The monoisotopic (exact) mass is 337 g/mol. The van der Waals surface area contributed by atoms with Crippen molar-refractivity contribution >= 4 is 24.0 Å². The van der Waals surface area contributed by atoms with Crippen molar-refractivity contribution in [3.05, 3.63) is 28.5 Å². The first-order valence-electron chi connectivity index (χ1n) is 6.94. The van der Waals surface area contributed by atoms with Crippen LogP contribution < -0.4 is 0 Å². The van der Waals surface area contributed by atoms with Crippen LogP contribution in [-0.2, 0) is 0 Å². The van der Waals surface area contributed by atoms with Crippen molar-refractivity contribution in [2.45, 2.75) is 58.2 Å². The summed E-state index contributed by atoms with van der Waals surface area (Å²) in [6.07, 6.45) is 3.64. The molecule has 0 aromatic carbocycles. The molecule has 0 radical (unpaired) electrons. The summed E-state index contributed by atoms with van der Waals surface area (Å²) in [4.78, 5) is 4.19. The molecule has 0 fully saturated rings. The second-order valence-corrected chi connectivity index (χ2v) is 12.5. The van der Waals surface area contributed by atoms with Crippen molar-refractivity contribution in [3.63, 3.8) is 0 Å². The molecule has 0 amide bonds. The molecule has 104 valence electrons. The second-order valence-electron chi connectivity index (χ2n) is 6.04. The Bertz CT molecular complexity index is 461. The van der Waals surface area contributed by atoms with E-state index >= 15 is 0 Å². The molecule has 0 saturated carbocycles. The summed E-state index contributed by atoms with van der Waals surface area (Å²) in [7, 11) is -1.63. The first-order valence-corrected chi connectivity index (χ1v) is 9.97. The lowest BCUT2D eigenvalue weighted by Gasteiger charge is -2.38. The van der Waals surface area contributed by atoms with E-state index in [0.29, 0.717) is 16.6 Å². The van der Waals surface area contributed by atoms with Crippen LogP contribution in [0, 0.1) is 11.5 Å². The van der Waals surface area contributed by atoms with E-state index < -0.39 is 8.07 Å². The van der Waals surface area contributed by atoms with Crippen LogP contribution in [-0.4, -0.2) is 13.1 Å². The molecule has 1 aromatic heterocycles. The maximum absolute atomic E-state index is 4.19. The number of nitrogens with zero attached hydrogens (tertiary/aromatic N) is 1. The van der Waals surface area contributed by atoms with Gasteiger partial charge in [-0.15, -0.1) is 5.54 Å². The van der Waals surface area contributed by atoms with Gasteiger partial charge in [-0.3, -0.25) is 4.98 Å². The molecule has 0 saturated heterocycles. The molecule has 0 bridgehead atoms. The number of hydrogen-bond acceptors (Lipinski definition) is 1. The molecule has 1 aromatic rings. The maximum Gasteiger partial charge on any atom is 0.146 e. The van der Waals surface area contributed by atoms with Gasteiger partial charge >= 0.3 is 0 Å². The molecule has 0 aliphatic heterocycles. The molecule has 0 spiro atoms. The quantitative estimate of drug-likeness (QED) is 0.530. The Hall–Kier alpha value is -0.593. The van der Waals surface area contributed by atoms with Crippen LogP contribution in [0.4, 0.5) is 0 Å². The van der Waals surface area contributed by atoms with Crippen LogP contribution in [0.1, 0.15) is 47.1 Å². The fraction of sp³-hybridized carbons (Fsp3) is 0.562. The minimum Gasteiger partial charge on any atom is -0.262 e. The highest BCUT2D eigenvalue weighted by molar-refractivity contribution is 9.10. The molecule has 0 aliphatic rings. The van der Waals surface area contributed by atoms with E-state index in [1.165, 1.54) is 0 Å². The number of pyridine rings is 1. The van der Waals surface area contributed by atoms with Gasteiger partial charge in [-0.25, -0.2) is 0 Å². The van der Waals surface area contributed by atoms with Crippen LogP contribution in [0.5, 0.6) is 0 Å². The van der Waals surface area contributed by atoms with Gasteiger partial charge in [0.15, 0.2) is 0 Å². The predicted octanol–water partition coefficient (Wildman–Crippen LogP) is 5.41. The highest BCUT2D eigenvalue weighted by Crippen LogP contribution is 2.40. The normalized spacial score (nSPS) is 11.9. The fourth-order valence-corrected chi connectivity index (χ4v) is 8.69. The summed E-state index contributed by atoms with van der Waals surface area (Å²) < 4.78 is 0.991. The lowest BCUT2D eigenvalue weighted by Crippen LogP contribution is -2.43. The lowest BCUT2D eigenvalue weighted by molar-refractivity contribution is 0.838. The van der Waals surface area contributed by atoms with E-state index in [-0.39, 0.29) is 0 Å². The van der Waals surface area contributed by atoms with E-state index in [0.717, 1.165) is 10.0 Å². The number of rotatable bonds is 3. The van der Waals surface area contributed by atoms with Gasteiger partial charge in [-0.1, -0.05) is 47.5 Å². The average Bonchev–Trinajstić information content (AvgIpc) is 2.28. The van der Waals surface area contributed by atoms with Gasteiger partial charge < -0.3 is 0 Å². The molecule has 1 heterocycles. The third kappa shape index (κ3) is 3.70. The highest BCUT2D eigenvalue weighted by atomic mass is 79.9. The molecule has 0 atom stereocenters. The van der Waals surface area contributed by atoms with Crippen molar-refractivity contribution in [1.29, 1.82) is 0 Å². The smallest absolute Gasteiger partial charge is 0.146 e. The van der Waals surface area contributed by atoms with Gasteiger partial charge in [-0.2, -0.15) is 0 Å². The molecule has 1 rings (SSSR count). The molecular weight excluding hydrogens is 314 g/mol. The zero-order valence-corrected chi connectivity index (χ0v) is 15.4. The summed E-state index contributed by atoms with van der Waals surface area (Å²) in [5, 5.41) is 0. The van der Waals surface area contributed by atoms with Gasteiger partial charge in [0.05, 0.1) is 0 Å². The van der Waals surface area contributed by atoms with E-state index in [4.69, 9.17) is 0 Å². The van der Waals surface area contributed by atoms with Crippen LogP contribution in [0.3, 0.4) is 0 Å². The molecule has 1 nitrogen and oxygen atoms in total. The third-order valence-electron chi connectivity index (χ3n) is 3.99. The molecule has 3 heteroatoms. The second kappa shape index (κ2) is 6.72. The Kier molecular flexibility index (Phi) is 5.82. The van der Waals surface area contributed by atoms with Crippen LogP contribution in [0.2, 0.25) is 16.6 Å². The van der Waals surface area contributed by atoms with E-state index in [9.17, 15) is 0 Å².